The standard InChI is InChI=1S/C12H12OS2/c1-9(13)10-5-2-3-6-11(10)15-12-7-4-8-14-12/h2-9,13H,1H3. The minimum absolute atomic E-state index is 0.409. The summed E-state index contributed by atoms with van der Waals surface area (Å²) in [6.07, 6.45) is -0.409. The third-order valence-electron chi connectivity index (χ3n) is 2.07. The summed E-state index contributed by atoms with van der Waals surface area (Å²) in [6.45, 7) is 1.80. The van der Waals surface area contributed by atoms with E-state index in [2.05, 4.69) is 11.4 Å². The second-order valence-corrected chi connectivity index (χ2v) is 5.54. The molecule has 2 aromatic rings. The average Bonchev–Trinajstić information content (AvgIpc) is 2.71. The predicted molar refractivity (Wildman–Crippen MR) is 65.5 cm³/mol. The van der Waals surface area contributed by atoms with Crippen molar-refractivity contribution in [1.82, 2.24) is 0 Å². The van der Waals surface area contributed by atoms with Crippen molar-refractivity contribution >= 4 is 23.1 Å². The lowest BCUT2D eigenvalue weighted by Gasteiger charge is -2.09. The van der Waals surface area contributed by atoms with Gasteiger partial charge in [0, 0.05) is 4.90 Å². The summed E-state index contributed by atoms with van der Waals surface area (Å²) >= 11 is 3.43. The number of hydrogen-bond donors (Lipinski definition) is 1. The Morgan fingerprint density at radius 3 is 2.67 bits per heavy atom. The Morgan fingerprint density at radius 2 is 2.00 bits per heavy atom. The first-order valence-corrected chi connectivity index (χ1v) is 6.45. The van der Waals surface area contributed by atoms with Crippen molar-refractivity contribution in [2.75, 3.05) is 0 Å². The van der Waals surface area contributed by atoms with E-state index in [1.54, 1.807) is 30.0 Å². The van der Waals surface area contributed by atoms with Crippen molar-refractivity contribution < 1.29 is 5.11 Å². The summed E-state index contributed by atoms with van der Waals surface area (Å²) in [4.78, 5) is 1.13. The lowest BCUT2D eigenvalue weighted by Crippen LogP contribution is -1.92. The zero-order valence-corrected chi connectivity index (χ0v) is 10.0. The van der Waals surface area contributed by atoms with Gasteiger partial charge < -0.3 is 5.11 Å². The van der Waals surface area contributed by atoms with Gasteiger partial charge >= 0.3 is 0 Å². The van der Waals surface area contributed by atoms with Crippen LogP contribution in [0.5, 0.6) is 0 Å². The third-order valence-corrected chi connectivity index (χ3v) is 4.20. The number of hydrogen-bond acceptors (Lipinski definition) is 3. The van der Waals surface area contributed by atoms with Gasteiger partial charge in [-0.15, -0.1) is 11.3 Å². The molecule has 1 nitrogen and oxygen atoms in total. The highest BCUT2D eigenvalue weighted by atomic mass is 32.2. The summed E-state index contributed by atoms with van der Waals surface area (Å²) in [5, 5.41) is 11.7. The Labute approximate surface area is 97.8 Å². The Hall–Kier alpha value is -0.770. The van der Waals surface area contributed by atoms with Crippen LogP contribution < -0.4 is 0 Å². The molecule has 0 aliphatic heterocycles. The maximum atomic E-state index is 9.62. The Bertz CT molecular complexity index is 421. The number of thiophene rings is 1. The molecule has 1 aromatic heterocycles. The van der Waals surface area contributed by atoms with Crippen LogP contribution in [0.15, 0.2) is 50.9 Å². The van der Waals surface area contributed by atoms with Gasteiger partial charge in [-0.2, -0.15) is 0 Å². The van der Waals surface area contributed by atoms with E-state index in [0.29, 0.717) is 0 Å². The molecule has 0 aliphatic carbocycles. The molecule has 1 aromatic carbocycles. The van der Waals surface area contributed by atoms with Crippen LogP contribution in [-0.4, -0.2) is 5.11 Å². The smallest absolute Gasteiger partial charge is 0.0772 e. The van der Waals surface area contributed by atoms with Crippen molar-refractivity contribution in [3.8, 4) is 0 Å². The molecule has 2 rings (SSSR count). The Kier molecular flexibility index (Phi) is 3.46. The van der Waals surface area contributed by atoms with E-state index in [1.807, 2.05) is 30.3 Å². The molecule has 1 unspecified atom stereocenters. The molecule has 3 heteroatoms. The minimum Gasteiger partial charge on any atom is -0.389 e. The van der Waals surface area contributed by atoms with Gasteiger partial charge in [0.15, 0.2) is 0 Å². The number of aliphatic hydroxyl groups excluding tert-OH is 1. The van der Waals surface area contributed by atoms with Crippen molar-refractivity contribution in [2.24, 2.45) is 0 Å². The molecule has 0 radical (unpaired) electrons. The van der Waals surface area contributed by atoms with Gasteiger partial charge in [0.25, 0.3) is 0 Å². The zero-order chi connectivity index (χ0) is 10.7. The van der Waals surface area contributed by atoms with Crippen LogP contribution in [0.4, 0.5) is 0 Å². The predicted octanol–water partition coefficient (Wildman–Crippen LogP) is 3.95. The molecule has 0 bridgehead atoms. The molecular formula is C12H12OS2. The monoisotopic (exact) mass is 236 g/mol. The van der Waals surface area contributed by atoms with Gasteiger partial charge in [0.2, 0.25) is 0 Å². The fourth-order valence-electron chi connectivity index (χ4n) is 1.35. The molecule has 1 atom stereocenters. The third kappa shape index (κ3) is 2.62. The molecule has 0 aliphatic rings. The van der Waals surface area contributed by atoms with E-state index in [4.69, 9.17) is 0 Å². The van der Waals surface area contributed by atoms with Crippen LogP contribution in [0.3, 0.4) is 0 Å². The molecule has 0 fully saturated rings. The second-order valence-electron chi connectivity index (χ2n) is 3.25. The first-order chi connectivity index (χ1) is 7.27. The fourth-order valence-corrected chi connectivity index (χ4v) is 3.29. The topological polar surface area (TPSA) is 20.2 Å². The largest absolute Gasteiger partial charge is 0.389 e. The summed E-state index contributed by atoms with van der Waals surface area (Å²) in [5.41, 5.74) is 0.996. The van der Waals surface area contributed by atoms with Crippen molar-refractivity contribution in [3.63, 3.8) is 0 Å². The Balaban J connectivity index is 2.28. The van der Waals surface area contributed by atoms with Gasteiger partial charge in [-0.3, -0.25) is 0 Å². The Morgan fingerprint density at radius 1 is 1.20 bits per heavy atom. The lowest BCUT2D eigenvalue weighted by molar-refractivity contribution is 0.196. The molecule has 0 saturated carbocycles. The molecular weight excluding hydrogens is 224 g/mol. The molecule has 0 saturated heterocycles. The van der Waals surface area contributed by atoms with Gasteiger partial charge in [-0.05, 0) is 30.0 Å². The number of rotatable bonds is 3. The molecule has 78 valence electrons. The van der Waals surface area contributed by atoms with Crippen molar-refractivity contribution in [1.29, 1.82) is 0 Å². The zero-order valence-electron chi connectivity index (χ0n) is 8.38. The minimum atomic E-state index is -0.409. The van der Waals surface area contributed by atoms with E-state index in [-0.39, 0.29) is 0 Å². The van der Waals surface area contributed by atoms with Crippen LogP contribution in [0, 0.1) is 0 Å². The molecule has 1 heterocycles. The van der Waals surface area contributed by atoms with E-state index < -0.39 is 6.10 Å². The maximum absolute atomic E-state index is 9.62. The number of benzene rings is 1. The second kappa shape index (κ2) is 4.84. The summed E-state index contributed by atoms with van der Waals surface area (Å²) in [6, 6.07) is 12.1. The highest BCUT2D eigenvalue weighted by Gasteiger charge is 2.08. The highest BCUT2D eigenvalue weighted by Crippen LogP contribution is 2.35. The van der Waals surface area contributed by atoms with E-state index in [1.165, 1.54) is 4.21 Å². The SMILES string of the molecule is CC(O)c1ccccc1Sc1cccs1. The summed E-state index contributed by atoms with van der Waals surface area (Å²) < 4.78 is 1.25. The van der Waals surface area contributed by atoms with Gasteiger partial charge in [0.1, 0.15) is 0 Å². The summed E-state index contributed by atoms with van der Waals surface area (Å²) in [7, 11) is 0. The number of aliphatic hydroxyl groups is 1. The molecule has 0 amide bonds. The van der Waals surface area contributed by atoms with Crippen LogP contribution in [-0.2, 0) is 0 Å². The first kappa shape index (κ1) is 10.7. The lowest BCUT2D eigenvalue weighted by atomic mass is 10.1. The van der Waals surface area contributed by atoms with Crippen LogP contribution in [0.2, 0.25) is 0 Å². The highest BCUT2D eigenvalue weighted by molar-refractivity contribution is 8.01. The first-order valence-electron chi connectivity index (χ1n) is 4.75. The average molecular weight is 236 g/mol. The normalized spacial score (nSPS) is 12.7. The van der Waals surface area contributed by atoms with Crippen LogP contribution >= 0.6 is 23.1 Å². The molecule has 0 spiro atoms. The van der Waals surface area contributed by atoms with Gasteiger partial charge in [-0.25, -0.2) is 0 Å². The van der Waals surface area contributed by atoms with Crippen molar-refractivity contribution in [3.05, 3.63) is 47.3 Å². The van der Waals surface area contributed by atoms with E-state index in [0.717, 1.165) is 10.5 Å². The van der Waals surface area contributed by atoms with Gasteiger partial charge in [0.05, 0.1) is 10.3 Å². The van der Waals surface area contributed by atoms with Gasteiger partial charge in [-0.1, -0.05) is 36.0 Å². The van der Waals surface area contributed by atoms with Crippen LogP contribution in [0.25, 0.3) is 0 Å². The fraction of sp³-hybridized carbons (Fsp3) is 0.167. The van der Waals surface area contributed by atoms with E-state index >= 15 is 0 Å². The quantitative estimate of drug-likeness (QED) is 0.870. The maximum Gasteiger partial charge on any atom is 0.0772 e. The molecule has 1 N–H and O–H groups in total. The van der Waals surface area contributed by atoms with E-state index in [9.17, 15) is 5.11 Å². The van der Waals surface area contributed by atoms with Crippen molar-refractivity contribution in [2.45, 2.75) is 22.1 Å². The summed E-state index contributed by atoms with van der Waals surface area (Å²) in [5.74, 6) is 0. The molecule has 15 heavy (non-hydrogen) atoms. The van der Waals surface area contributed by atoms with Crippen LogP contribution in [0.1, 0.15) is 18.6 Å².